The minimum atomic E-state index is -0.496. The number of carbonyl (C=O) groups is 1. The number of para-hydroxylation sites is 2. The Kier molecular flexibility index (Phi) is 5.83. The van der Waals surface area contributed by atoms with Gasteiger partial charge < -0.3 is 4.74 Å². The molecule has 0 spiro atoms. The number of hydrogen-bond donors (Lipinski definition) is 1. The van der Waals surface area contributed by atoms with Crippen LogP contribution < -0.4 is 15.2 Å². The molecule has 0 aliphatic carbocycles. The van der Waals surface area contributed by atoms with Crippen LogP contribution in [0.1, 0.15) is 5.56 Å². The predicted molar refractivity (Wildman–Crippen MR) is 99.1 cm³/mol. The monoisotopic (exact) mass is 350 g/mol. The van der Waals surface area contributed by atoms with E-state index < -0.39 is 5.82 Å². The molecule has 5 heteroatoms. The molecule has 0 aliphatic heterocycles. The molecule has 3 aromatic carbocycles. The van der Waals surface area contributed by atoms with Crippen LogP contribution in [0.2, 0.25) is 0 Å². The first kappa shape index (κ1) is 17.5. The smallest absolute Gasteiger partial charge is 0.276 e. The Hall–Kier alpha value is -3.34. The lowest BCUT2D eigenvalue weighted by molar-refractivity contribution is -0.123. The lowest BCUT2D eigenvalue weighted by Gasteiger charge is -2.25. The second-order valence-corrected chi connectivity index (χ2v) is 5.66. The van der Waals surface area contributed by atoms with Crippen LogP contribution in [-0.4, -0.2) is 12.5 Å². The van der Waals surface area contributed by atoms with E-state index in [1.54, 1.807) is 17.1 Å². The fourth-order valence-corrected chi connectivity index (χ4v) is 2.46. The minimum Gasteiger partial charge on any atom is -0.481 e. The summed E-state index contributed by atoms with van der Waals surface area (Å²) in [5.74, 6) is -0.811. The van der Waals surface area contributed by atoms with Gasteiger partial charge in [-0.1, -0.05) is 60.7 Å². The van der Waals surface area contributed by atoms with Crippen molar-refractivity contribution in [3.63, 3.8) is 0 Å². The summed E-state index contributed by atoms with van der Waals surface area (Å²) in [6.07, 6.45) is 0. The quantitative estimate of drug-likeness (QED) is 0.656. The first-order chi connectivity index (χ1) is 12.7. The maximum Gasteiger partial charge on any atom is 0.276 e. The lowest BCUT2D eigenvalue weighted by Crippen LogP contribution is -2.44. The molecule has 0 radical (unpaired) electrons. The molecule has 0 aliphatic rings. The van der Waals surface area contributed by atoms with Crippen LogP contribution in [0.5, 0.6) is 5.75 Å². The number of amides is 1. The summed E-state index contributed by atoms with van der Waals surface area (Å²) >= 11 is 0. The molecular formula is C21H19FN2O2. The number of benzene rings is 3. The van der Waals surface area contributed by atoms with Gasteiger partial charge in [-0.3, -0.25) is 15.2 Å². The van der Waals surface area contributed by atoms with Gasteiger partial charge in [-0.05, 0) is 29.8 Å². The van der Waals surface area contributed by atoms with Crippen molar-refractivity contribution in [2.45, 2.75) is 6.54 Å². The number of hydrogen-bond acceptors (Lipinski definition) is 3. The van der Waals surface area contributed by atoms with Crippen molar-refractivity contribution < 1.29 is 13.9 Å². The zero-order valence-electron chi connectivity index (χ0n) is 14.1. The van der Waals surface area contributed by atoms with E-state index in [4.69, 9.17) is 4.74 Å². The van der Waals surface area contributed by atoms with Crippen LogP contribution in [-0.2, 0) is 11.3 Å². The number of hydrazine groups is 1. The highest BCUT2D eigenvalue weighted by molar-refractivity contribution is 5.79. The Morgan fingerprint density at radius 2 is 1.50 bits per heavy atom. The van der Waals surface area contributed by atoms with Crippen molar-refractivity contribution in [1.29, 1.82) is 0 Å². The van der Waals surface area contributed by atoms with Gasteiger partial charge in [-0.15, -0.1) is 0 Å². The Bertz CT molecular complexity index is 841. The zero-order valence-corrected chi connectivity index (χ0v) is 14.1. The van der Waals surface area contributed by atoms with Crippen LogP contribution >= 0.6 is 0 Å². The van der Waals surface area contributed by atoms with Crippen LogP contribution in [0.3, 0.4) is 0 Å². The molecule has 0 atom stereocenters. The standard InChI is InChI=1S/C21H19FN2O2/c22-19-13-7-8-14-20(19)26-16-21(25)23-24(18-11-5-2-6-12-18)15-17-9-3-1-4-10-17/h1-14H,15-16H2,(H,23,25). The average Bonchev–Trinajstić information content (AvgIpc) is 2.68. The van der Waals surface area contributed by atoms with E-state index in [-0.39, 0.29) is 18.3 Å². The van der Waals surface area contributed by atoms with Gasteiger partial charge in [-0.25, -0.2) is 4.39 Å². The van der Waals surface area contributed by atoms with Gasteiger partial charge in [0.25, 0.3) is 5.91 Å². The fraction of sp³-hybridized carbons (Fsp3) is 0.0952. The maximum atomic E-state index is 13.6. The SMILES string of the molecule is O=C(COc1ccccc1F)NN(Cc1ccccc1)c1ccccc1. The van der Waals surface area contributed by atoms with Crippen molar-refractivity contribution in [3.8, 4) is 5.75 Å². The lowest BCUT2D eigenvalue weighted by atomic mass is 10.2. The summed E-state index contributed by atoms with van der Waals surface area (Å²) in [5.41, 5.74) is 4.71. The third-order valence-corrected chi connectivity index (χ3v) is 3.71. The molecule has 26 heavy (non-hydrogen) atoms. The number of nitrogens with zero attached hydrogens (tertiary/aromatic N) is 1. The highest BCUT2D eigenvalue weighted by Crippen LogP contribution is 2.16. The van der Waals surface area contributed by atoms with Gasteiger partial charge in [0, 0.05) is 0 Å². The Labute approximate surface area is 151 Å². The van der Waals surface area contributed by atoms with E-state index in [0.717, 1.165) is 11.3 Å². The predicted octanol–water partition coefficient (Wildman–Crippen LogP) is 3.94. The summed E-state index contributed by atoms with van der Waals surface area (Å²) in [5, 5.41) is 1.74. The fourth-order valence-electron chi connectivity index (χ4n) is 2.46. The normalized spacial score (nSPS) is 10.2. The number of nitrogens with one attached hydrogen (secondary N) is 1. The molecular weight excluding hydrogens is 331 g/mol. The summed E-state index contributed by atoms with van der Waals surface area (Å²) < 4.78 is 18.9. The first-order valence-corrected chi connectivity index (χ1v) is 8.26. The minimum absolute atomic E-state index is 0.0528. The highest BCUT2D eigenvalue weighted by Gasteiger charge is 2.12. The molecule has 1 N–H and O–H groups in total. The third kappa shape index (κ3) is 4.83. The van der Waals surface area contributed by atoms with Crippen molar-refractivity contribution in [1.82, 2.24) is 5.43 Å². The van der Waals surface area contributed by atoms with Crippen LogP contribution in [0, 0.1) is 5.82 Å². The molecule has 4 nitrogen and oxygen atoms in total. The molecule has 0 saturated carbocycles. The topological polar surface area (TPSA) is 41.6 Å². The van der Waals surface area contributed by atoms with E-state index in [1.165, 1.54) is 12.1 Å². The molecule has 1 amide bonds. The van der Waals surface area contributed by atoms with E-state index in [2.05, 4.69) is 5.43 Å². The van der Waals surface area contributed by atoms with Crippen molar-refractivity contribution in [2.24, 2.45) is 0 Å². The molecule has 0 heterocycles. The van der Waals surface area contributed by atoms with E-state index >= 15 is 0 Å². The van der Waals surface area contributed by atoms with E-state index in [1.807, 2.05) is 60.7 Å². The van der Waals surface area contributed by atoms with Gasteiger partial charge in [-0.2, -0.15) is 0 Å². The molecule has 3 aromatic rings. The van der Waals surface area contributed by atoms with Gasteiger partial charge in [0.2, 0.25) is 0 Å². The van der Waals surface area contributed by atoms with Gasteiger partial charge in [0.1, 0.15) is 0 Å². The number of rotatable bonds is 7. The largest absolute Gasteiger partial charge is 0.481 e. The van der Waals surface area contributed by atoms with Gasteiger partial charge in [0.15, 0.2) is 18.2 Å². The number of anilines is 1. The molecule has 0 saturated heterocycles. The Morgan fingerprint density at radius 3 is 2.19 bits per heavy atom. The van der Waals surface area contributed by atoms with Crippen molar-refractivity contribution in [2.75, 3.05) is 11.6 Å². The number of carbonyl (C=O) groups excluding carboxylic acids is 1. The summed E-state index contributed by atoms with van der Waals surface area (Å²) in [7, 11) is 0. The van der Waals surface area contributed by atoms with Crippen molar-refractivity contribution >= 4 is 11.6 Å². The van der Waals surface area contributed by atoms with Crippen LogP contribution in [0.25, 0.3) is 0 Å². The molecule has 132 valence electrons. The van der Waals surface area contributed by atoms with Crippen molar-refractivity contribution in [3.05, 3.63) is 96.3 Å². The Morgan fingerprint density at radius 1 is 0.885 bits per heavy atom. The van der Waals surface area contributed by atoms with Gasteiger partial charge in [0.05, 0.1) is 12.2 Å². The molecule has 0 fully saturated rings. The maximum absolute atomic E-state index is 13.6. The highest BCUT2D eigenvalue weighted by atomic mass is 19.1. The van der Waals surface area contributed by atoms with Crippen LogP contribution in [0.4, 0.5) is 10.1 Å². The van der Waals surface area contributed by atoms with E-state index in [9.17, 15) is 9.18 Å². The summed E-state index contributed by atoms with van der Waals surface area (Å²) in [4.78, 5) is 12.3. The van der Waals surface area contributed by atoms with E-state index in [0.29, 0.717) is 6.54 Å². The molecule has 0 aromatic heterocycles. The summed E-state index contributed by atoms with van der Waals surface area (Å²) in [6, 6.07) is 25.3. The number of halogens is 1. The third-order valence-electron chi connectivity index (χ3n) is 3.71. The first-order valence-electron chi connectivity index (χ1n) is 8.26. The average molecular weight is 350 g/mol. The molecule has 0 bridgehead atoms. The Balaban J connectivity index is 1.67. The molecule has 0 unspecified atom stereocenters. The number of ether oxygens (including phenoxy) is 1. The second-order valence-electron chi connectivity index (χ2n) is 5.66. The van der Waals surface area contributed by atoms with Crippen LogP contribution in [0.15, 0.2) is 84.9 Å². The molecule has 3 rings (SSSR count). The second kappa shape index (κ2) is 8.67. The zero-order chi connectivity index (χ0) is 18.2. The summed E-state index contributed by atoms with van der Waals surface area (Å²) in [6.45, 7) is 0.218. The van der Waals surface area contributed by atoms with Gasteiger partial charge >= 0.3 is 0 Å².